The van der Waals surface area contributed by atoms with Gasteiger partial charge in [-0.2, -0.15) is 0 Å². The van der Waals surface area contributed by atoms with E-state index in [1.807, 2.05) is 6.92 Å². The number of thioether (sulfide) groups is 1. The molecular weight excluding hydrogens is 226 g/mol. The molecule has 1 heterocycles. The minimum absolute atomic E-state index is 0.220. The number of carbonyl (C=O) groups is 1. The Kier molecular flexibility index (Phi) is 5.62. The van der Waals surface area contributed by atoms with Crippen molar-refractivity contribution in [1.29, 1.82) is 0 Å². The molecule has 0 spiro atoms. The molecule has 1 aliphatic rings. The van der Waals surface area contributed by atoms with Gasteiger partial charge in [0.1, 0.15) is 11.9 Å². The fraction of sp³-hybridized carbons (Fsp3) is 0.800. The van der Waals surface area contributed by atoms with Gasteiger partial charge in [-0.3, -0.25) is 10.2 Å². The van der Waals surface area contributed by atoms with Crippen LogP contribution < -0.4 is 5.43 Å². The molecule has 16 heavy (non-hydrogen) atoms. The maximum absolute atomic E-state index is 11.2. The lowest BCUT2D eigenvalue weighted by Crippen LogP contribution is -2.36. The smallest absolute Gasteiger partial charge is 0.318 e. The Bertz CT molecular complexity index is 271. The van der Waals surface area contributed by atoms with E-state index in [1.165, 1.54) is 25.3 Å². The van der Waals surface area contributed by atoms with E-state index in [0.29, 0.717) is 6.67 Å². The van der Waals surface area contributed by atoms with Crippen LogP contribution in [-0.2, 0) is 9.53 Å². The molecule has 0 saturated heterocycles. The summed E-state index contributed by atoms with van der Waals surface area (Å²) in [7, 11) is 1.40. The normalized spacial score (nSPS) is 17.8. The molecule has 1 rings (SSSR count). The standard InChI is InChI=1S/C10H19N3O2S/c1-4-5-6-13-7-11-10(12-13)16-8(2)9(14)15-3/h8H,4-7H2,1-3H3,(H,11,12). The van der Waals surface area contributed by atoms with E-state index in [2.05, 4.69) is 27.1 Å². The molecule has 6 heteroatoms. The molecule has 5 nitrogen and oxygen atoms in total. The number of esters is 1. The van der Waals surface area contributed by atoms with Gasteiger partial charge < -0.3 is 4.74 Å². The summed E-state index contributed by atoms with van der Waals surface area (Å²) in [5, 5.41) is 2.63. The highest BCUT2D eigenvalue weighted by atomic mass is 32.2. The predicted octanol–water partition coefficient (Wildman–Crippen LogP) is 1.21. The Hall–Kier alpha value is -0.750. The van der Waals surface area contributed by atoms with Gasteiger partial charge in [0.15, 0.2) is 5.17 Å². The Morgan fingerprint density at radius 1 is 1.75 bits per heavy atom. The minimum atomic E-state index is -0.221. The number of rotatable bonds is 5. The van der Waals surface area contributed by atoms with Gasteiger partial charge in [-0.15, -0.1) is 0 Å². The zero-order valence-electron chi connectivity index (χ0n) is 10.0. The van der Waals surface area contributed by atoms with Crippen molar-refractivity contribution in [2.24, 2.45) is 4.99 Å². The van der Waals surface area contributed by atoms with Crippen LogP contribution in [0.1, 0.15) is 26.7 Å². The topological polar surface area (TPSA) is 53.9 Å². The highest BCUT2D eigenvalue weighted by Gasteiger charge is 2.21. The van der Waals surface area contributed by atoms with Crippen molar-refractivity contribution >= 4 is 22.9 Å². The van der Waals surface area contributed by atoms with Crippen LogP contribution in [0.15, 0.2) is 4.99 Å². The molecule has 0 bridgehead atoms. The molecule has 0 amide bonds. The molecule has 92 valence electrons. The third-order valence-corrected chi connectivity index (χ3v) is 3.23. The lowest BCUT2D eigenvalue weighted by atomic mass is 10.3. The number of hydrazine groups is 1. The lowest BCUT2D eigenvalue weighted by Gasteiger charge is -2.15. The van der Waals surface area contributed by atoms with Crippen LogP contribution in [0.2, 0.25) is 0 Å². The zero-order chi connectivity index (χ0) is 12.0. The van der Waals surface area contributed by atoms with Gasteiger partial charge in [0.05, 0.1) is 7.11 Å². The van der Waals surface area contributed by atoms with Crippen molar-refractivity contribution in [3.63, 3.8) is 0 Å². The second-order valence-electron chi connectivity index (χ2n) is 3.62. The summed E-state index contributed by atoms with van der Waals surface area (Å²) in [6.45, 7) is 5.62. The average Bonchev–Trinajstić information content (AvgIpc) is 2.72. The fourth-order valence-corrected chi connectivity index (χ4v) is 2.12. The number of amidine groups is 1. The molecule has 0 aromatic heterocycles. The number of nitrogens with zero attached hydrogens (tertiary/aromatic N) is 2. The number of nitrogens with one attached hydrogen (secondary N) is 1. The van der Waals surface area contributed by atoms with E-state index in [4.69, 9.17) is 0 Å². The summed E-state index contributed by atoms with van der Waals surface area (Å²) in [4.78, 5) is 15.5. The van der Waals surface area contributed by atoms with E-state index in [9.17, 15) is 4.79 Å². The first kappa shape index (κ1) is 13.3. The van der Waals surface area contributed by atoms with E-state index >= 15 is 0 Å². The highest BCUT2D eigenvalue weighted by molar-refractivity contribution is 8.14. The summed E-state index contributed by atoms with van der Waals surface area (Å²) < 4.78 is 4.66. The van der Waals surface area contributed by atoms with Crippen LogP contribution in [0.4, 0.5) is 0 Å². The van der Waals surface area contributed by atoms with Gasteiger partial charge in [-0.1, -0.05) is 25.1 Å². The molecule has 0 saturated carbocycles. The van der Waals surface area contributed by atoms with Crippen LogP contribution in [0.3, 0.4) is 0 Å². The lowest BCUT2D eigenvalue weighted by molar-refractivity contribution is -0.139. The number of hydrogen-bond donors (Lipinski definition) is 1. The van der Waals surface area contributed by atoms with Crippen molar-refractivity contribution in [2.75, 3.05) is 20.3 Å². The molecule has 0 fully saturated rings. The number of hydrogen-bond acceptors (Lipinski definition) is 6. The summed E-state index contributed by atoms with van der Waals surface area (Å²) in [5.74, 6) is -0.221. The molecule has 0 radical (unpaired) electrons. The second kappa shape index (κ2) is 6.75. The van der Waals surface area contributed by atoms with Crippen LogP contribution in [0, 0.1) is 0 Å². The average molecular weight is 245 g/mol. The Labute approximate surface area is 101 Å². The minimum Gasteiger partial charge on any atom is -0.468 e. The van der Waals surface area contributed by atoms with E-state index < -0.39 is 0 Å². The SMILES string of the molecule is CCCCN1CN=C(SC(C)C(=O)OC)N1. The number of aliphatic imine (C=N–C) groups is 1. The molecule has 0 aromatic carbocycles. The van der Waals surface area contributed by atoms with Crippen molar-refractivity contribution in [3.8, 4) is 0 Å². The van der Waals surface area contributed by atoms with Gasteiger partial charge in [-0.05, 0) is 13.3 Å². The van der Waals surface area contributed by atoms with Crippen molar-refractivity contribution in [2.45, 2.75) is 31.9 Å². The summed E-state index contributed by atoms with van der Waals surface area (Å²) in [6, 6.07) is 0. The second-order valence-corrected chi connectivity index (χ2v) is 4.95. The summed E-state index contributed by atoms with van der Waals surface area (Å²) in [6.07, 6.45) is 2.31. The first-order chi connectivity index (χ1) is 7.67. The van der Waals surface area contributed by atoms with Gasteiger partial charge in [0.25, 0.3) is 0 Å². The number of methoxy groups -OCH3 is 1. The molecule has 0 aromatic rings. The van der Waals surface area contributed by atoms with Crippen molar-refractivity contribution < 1.29 is 9.53 Å². The number of ether oxygens (including phenoxy) is 1. The molecule has 1 atom stereocenters. The maximum Gasteiger partial charge on any atom is 0.318 e. The third-order valence-electron chi connectivity index (χ3n) is 2.24. The summed E-state index contributed by atoms with van der Waals surface area (Å²) in [5.41, 5.74) is 3.17. The van der Waals surface area contributed by atoms with Crippen molar-refractivity contribution in [1.82, 2.24) is 10.4 Å². The Morgan fingerprint density at radius 3 is 3.12 bits per heavy atom. The fourth-order valence-electron chi connectivity index (χ4n) is 1.28. The number of unbranched alkanes of at least 4 members (excludes halogenated alkanes) is 1. The first-order valence-corrected chi connectivity index (χ1v) is 6.36. The van der Waals surface area contributed by atoms with Gasteiger partial charge in [-0.25, -0.2) is 10.0 Å². The molecule has 1 N–H and O–H groups in total. The maximum atomic E-state index is 11.2. The van der Waals surface area contributed by atoms with E-state index in [-0.39, 0.29) is 11.2 Å². The quantitative estimate of drug-likeness (QED) is 0.738. The molecular formula is C10H19N3O2S. The largest absolute Gasteiger partial charge is 0.468 e. The Balaban J connectivity index is 2.28. The van der Waals surface area contributed by atoms with Crippen LogP contribution in [0.25, 0.3) is 0 Å². The zero-order valence-corrected chi connectivity index (χ0v) is 10.8. The number of carbonyl (C=O) groups excluding carboxylic acids is 1. The third kappa shape index (κ3) is 4.02. The summed E-state index contributed by atoms with van der Waals surface area (Å²) >= 11 is 1.40. The van der Waals surface area contributed by atoms with Gasteiger partial charge in [0.2, 0.25) is 0 Å². The predicted molar refractivity (Wildman–Crippen MR) is 66.1 cm³/mol. The molecule has 1 aliphatic heterocycles. The van der Waals surface area contributed by atoms with Crippen molar-refractivity contribution in [3.05, 3.63) is 0 Å². The van der Waals surface area contributed by atoms with E-state index in [1.54, 1.807) is 0 Å². The highest BCUT2D eigenvalue weighted by Crippen LogP contribution is 2.15. The molecule has 1 unspecified atom stereocenters. The van der Waals surface area contributed by atoms with Gasteiger partial charge in [0, 0.05) is 6.54 Å². The Morgan fingerprint density at radius 2 is 2.50 bits per heavy atom. The van der Waals surface area contributed by atoms with Gasteiger partial charge >= 0.3 is 5.97 Å². The monoisotopic (exact) mass is 245 g/mol. The van der Waals surface area contributed by atoms with Crippen LogP contribution in [0.5, 0.6) is 0 Å². The van der Waals surface area contributed by atoms with Crippen LogP contribution >= 0.6 is 11.8 Å². The first-order valence-electron chi connectivity index (χ1n) is 5.48. The van der Waals surface area contributed by atoms with Crippen LogP contribution in [-0.4, -0.2) is 41.7 Å². The van der Waals surface area contributed by atoms with E-state index in [0.717, 1.165) is 18.1 Å². The molecule has 0 aliphatic carbocycles.